The first-order chi connectivity index (χ1) is 16.9. The fourth-order valence-corrected chi connectivity index (χ4v) is 4.56. The van der Waals surface area contributed by atoms with Crippen molar-refractivity contribution in [2.75, 3.05) is 20.1 Å². The molecule has 9 heteroatoms. The number of para-hydroxylation sites is 1. The Balaban J connectivity index is 1.67. The Hall–Kier alpha value is -3.85. The van der Waals surface area contributed by atoms with Gasteiger partial charge in [-0.25, -0.2) is 13.8 Å². The summed E-state index contributed by atoms with van der Waals surface area (Å²) in [7, 11) is 3.81. The lowest BCUT2D eigenvalue weighted by Gasteiger charge is -2.31. The van der Waals surface area contributed by atoms with Gasteiger partial charge < -0.3 is 9.64 Å². The standard InChI is InChI=1S/C26H25F2N5O2/c1-31-15-12-19(13-16-31)33-24(23(25(34)32(33)2)17-7-9-18(27)10-8-17)21-11-14-29-26(30-21)35-22-6-4-3-5-20(22)28/h3-11,14,19H,12-13,15-16H2,1-2H3. The largest absolute Gasteiger partial charge is 0.421 e. The SMILES string of the molecule is CN1CCC(n2c(-c3ccnc(Oc4ccccc4F)n3)c(-c3ccc(F)cc3)c(=O)n2C)CC1. The predicted molar refractivity (Wildman–Crippen MR) is 128 cm³/mol. The summed E-state index contributed by atoms with van der Waals surface area (Å²) in [6, 6.07) is 13.6. The number of hydrogen-bond acceptors (Lipinski definition) is 5. The molecule has 0 bridgehead atoms. The second-order valence-corrected chi connectivity index (χ2v) is 8.70. The molecule has 2 aromatic carbocycles. The fourth-order valence-electron chi connectivity index (χ4n) is 4.56. The lowest BCUT2D eigenvalue weighted by atomic mass is 10.0. The molecule has 7 nitrogen and oxygen atoms in total. The maximum atomic E-state index is 14.1. The molecule has 0 amide bonds. The Bertz CT molecular complexity index is 1410. The van der Waals surface area contributed by atoms with E-state index < -0.39 is 5.82 Å². The van der Waals surface area contributed by atoms with Gasteiger partial charge in [-0.2, -0.15) is 4.98 Å². The third-order valence-corrected chi connectivity index (χ3v) is 6.38. The van der Waals surface area contributed by atoms with Gasteiger partial charge in [0.2, 0.25) is 0 Å². The van der Waals surface area contributed by atoms with Gasteiger partial charge in [-0.15, -0.1) is 0 Å². The first-order valence-electron chi connectivity index (χ1n) is 11.4. The van der Waals surface area contributed by atoms with Gasteiger partial charge in [0.1, 0.15) is 5.82 Å². The minimum atomic E-state index is -0.531. The summed E-state index contributed by atoms with van der Waals surface area (Å²) in [6.07, 6.45) is 3.24. The van der Waals surface area contributed by atoms with Gasteiger partial charge >= 0.3 is 6.01 Å². The van der Waals surface area contributed by atoms with Gasteiger partial charge in [0.25, 0.3) is 5.56 Å². The van der Waals surface area contributed by atoms with Gasteiger partial charge in [-0.1, -0.05) is 24.3 Å². The molecule has 1 aliphatic rings. The minimum absolute atomic E-state index is 0.00387. The summed E-state index contributed by atoms with van der Waals surface area (Å²) in [5.74, 6) is -0.912. The van der Waals surface area contributed by atoms with E-state index in [1.54, 1.807) is 42.1 Å². The molecule has 1 saturated heterocycles. The smallest absolute Gasteiger partial charge is 0.322 e. The van der Waals surface area contributed by atoms with Crippen LogP contribution in [0.5, 0.6) is 11.8 Å². The molecule has 1 fully saturated rings. The van der Waals surface area contributed by atoms with Crippen LogP contribution in [0.4, 0.5) is 8.78 Å². The van der Waals surface area contributed by atoms with Crippen LogP contribution in [-0.2, 0) is 7.05 Å². The van der Waals surface area contributed by atoms with Gasteiger partial charge in [0, 0.05) is 13.2 Å². The fraction of sp³-hybridized carbons (Fsp3) is 0.269. The van der Waals surface area contributed by atoms with Crippen LogP contribution < -0.4 is 10.3 Å². The molecular formula is C26H25F2N5O2. The van der Waals surface area contributed by atoms with E-state index in [1.807, 2.05) is 4.68 Å². The molecule has 180 valence electrons. The molecule has 0 unspecified atom stereocenters. The Morgan fingerprint density at radius 1 is 0.971 bits per heavy atom. The molecule has 0 aliphatic carbocycles. The highest BCUT2D eigenvalue weighted by Crippen LogP contribution is 2.35. The van der Waals surface area contributed by atoms with Crippen molar-refractivity contribution in [1.29, 1.82) is 0 Å². The number of halogens is 2. The average molecular weight is 478 g/mol. The second-order valence-electron chi connectivity index (χ2n) is 8.70. The van der Waals surface area contributed by atoms with E-state index in [0.717, 1.165) is 25.9 Å². The number of ether oxygens (including phenoxy) is 1. The molecule has 35 heavy (non-hydrogen) atoms. The van der Waals surface area contributed by atoms with E-state index >= 15 is 0 Å². The molecular weight excluding hydrogens is 452 g/mol. The van der Waals surface area contributed by atoms with Crippen molar-refractivity contribution >= 4 is 0 Å². The highest BCUT2D eigenvalue weighted by Gasteiger charge is 2.29. The number of aromatic nitrogens is 4. The minimum Gasteiger partial charge on any atom is -0.421 e. The molecule has 0 N–H and O–H groups in total. The number of likely N-dealkylation sites (tertiary alicyclic amines) is 1. The van der Waals surface area contributed by atoms with E-state index in [4.69, 9.17) is 4.74 Å². The quantitative estimate of drug-likeness (QED) is 0.419. The zero-order chi connectivity index (χ0) is 24.5. The number of benzene rings is 2. The zero-order valence-electron chi connectivity index (χ0n) is 19.5. The van der Waals surface area contributed by atoms with Gasteiger partial charge in [-0.05, 0) is 68.9 Å². The van der Waals surface area contributed by atoms with Crippen LogP contribution in [0, 0.1) is 11.6 Å². The third-order valence-electron chi connectivity index (χ3n) is 6.38. The monoisotopic (exact) mass is 477 g/mol. The van der Waals surface area contributed by atoms with Crippen LogP contribution in [0.25, 0.3) is 22.5 Å². The van der Waals surface area contributed by atoms with Crippen molar-refractivity contribution in [2.45, 2.75) is 18.9 Å². The summed E-state index contributed by atoms with van der Waals surface area (Å²) < 4.78 is 37.0. The normalized spacial score (nSPS) is 14.9. The zero-order valence-corrected chi connectivity index (χ0v) is 19.5. The van der Waals surface area contributed by atoms with Crippen LogP contribution >= 0.6 is 0 Å². The number of hydrogen-bond donors (Lipinski definition) is 0. The van der Waals surface area contributed by atoms with E-state index in [2.05, 4.69) is 21.9 Å². The Morgan fingerprint density at radius 2 is 1.69 bits per heavy atom. The summed E-state index contributed by atoms with van der Waals surface area (Å²) in [5, 5.41) is 0. The van der Waals surface area contributed by atoms with Gasteiger partial charge in [0.05, 0.1) is 23.0 Å². The lowest BCUT2D eigenvalue weighted by Crippen LogP contribution is -2.34. The van der Waals surface area contributed by atoms with Crippen molar-refractivity contribution < 1.29 is 13.5 Å². The Kier molecular flexibility index (Phi) is 6.17. The number of rotatable bonds is 5. The highest BCUT2D eigenvalue weighted by atomic mass is 19.1. The molecule has 2 aromatic heterocycles. The molecule has 0 atom stereocenters. The van der Waals surface area contributed by atoms with Crippen molar-refractivity contribution in [1.82, 2.24) is 24.2 Å². The van der Waals surface area contributed by atoms with Gasteiger partial charge in [0.15, 0.2) is 11.6 Å². The Labute approximate surface area is 201 Å². The Morgan fingerprint density at radius 3 is 2.40 bits per heavy atom. The summed E-state index contributed by atoms with van der Waals surface area (Å²) in [5.41, 5.74) is 1.85. The van der Waals surface area contributed by atoms with Crippen LogP contribution in [-0.4, -0.2) is 44.4 Å². The van der Waals surface area contributed by atoms with E-state index in [9.17, 15) is 13.6 Å². The van der Waals surface area contributed by atoms with E-state index in [1.165, 1.54) is 30.5 Å². The first kappa shape index (κ1) is 22.9. The molecule has 1 aliphatic heterocycles. The third kappa shape index (κ3) is 4.46. The lowest BCUT2D eigenvalue weighted by molar-refractivity contribution is 0.203. The molecule has 0 spiro atoms. The van der Waals surface area contributed by atoms with Crippen molar-refractivity contribution in [2.24, 2.45) is 7.05 Å². The predicted octanol–water partition coefficient (Wildman–Crippen LogP) is 4.65. The van der Waals surface area contributed by atoms with Crippen LogP contribution in [0.2, 0.25) is 0 Å². The van der Waals surface area contributed by atoms with E-state index in [-0.39, 0.29) is 29.2 Å². The summed E-state index contributed by atoms with van der Waals surface area (Å²) >= 11 is 0. The van der Waals surface area contributed by atoms with Gasteiger partial charge in [-0.3, -0.25) is 14.2 Å². The maximum Gasteiger partial charge on any atom is 0.322 e. The topological polar surface area (TPSA) is 65.2 Å². The molecule has 0 saturated carbocycles. The number of nitrogens with zero attached hydrogens (tertiary/aromatic N) is 5. The van der Waals surface area contributed by atoms with E-state index in [0.29, 0.717) is 22.5 Å². The maximum absolute atomic E-state index is 14.1. The molecule has 0 radical (unpaired) electrons. The average Bonchev–Trinajstić information content (AvgIpc) is 3.12. The molecule has 4 aromatic rings. The van der Waals surface area contributed by atoms with Crippen molar-refractivity contribution in [3.05, 3.63) is 82.8 Å². The second kappa shape index (κ2) is 9.42. The number of piperidine rings is 1. The van der Waals surface area contributed by atoms with Crippen molar-refractivity contribution in [3.8, 4) is 34.3 Å². The highest BCUT2D eigenvalue weighted by molar-refractivity contribution is 5.79. The first-order valence-corrected chi connectivity index (χ1v) is 11.4. The summed E-state index contributed by atoms with van der Waals surface area (Å²) in [4.78, 5) is 24.5. The molecule has 5 rings (SSSR count). The van der Waals surface area contributed by atoms with Crippen molar-refractivity contribution in [3.63, 3.8) is 0 Å². The van der Waals surface area contributed by atoms with Crippen LogP contribution in [0.1, 0.15) is 18.9 Å². The van der Waals surface area contributed by atoms with Crippen LogP contribution in [0.15, 0.2) is 65.6 Å². The molecule has 3 heterocycles. The van der Waals surface area contributed by atoms with Crippen LogP contribution in [0.3, 0.4) is 0 Å². The summed E-state index contributed by atoms with van der Waals surface area (Å²) in [6.45, 7) is 1.79.